The SMILES string of the molecule is NC(=O)c1cccnc1.NNC(=O)[C@@H](N)CS. The first-order valence-electron chi connectivity index (χ1n) is 4.59. The third-order valence-electron chi connectivity index (χ3n) is 1.62. The summed E-state index contributed by atoms with van der Waals surface area (Å²) >= 11 is 3.77. The van der Waals surface area contributed by atoms with Crippen LogP contribution in [0.25, 0.3) is 0 Å². The summed E-state index contributed by atoms with van der Waals surface area (Å²) in [5, 5.41) is 0. The normalized spacial score (nSPS) is 10.8. The van der Waals surface area contributed by atoms with Crippen molar-refractivity contribution in [3.8, 4) is 0 Å². The summed E-state index contributed by atoms with van der Waals surface area (Å²) in [5.74, 6) is 4.21. The van der Waals surface area contributed by atoms with Crippen LogP contribution in [-0.2, 0) is 4.79 Å². The number of primary amides is 1. The molecule has 1 heterocycles. The molecule has 0 saturated carbocycles. The highest BCUT2D eigenvalue weighted by molar-refractivity contribution is 7.80. The van der Waals surface area contributed by atoms with E-state index in [9.17, 15) is 9.59 Å². The fraction of sp³-hybridized carbons (Fsp3) is 0.222. The van der Waals surface area contributed by atoms with Crippen LogP contribution >= 0.6 is 12.6 Å². The number of rotatable bonds is 3. The molecule has 7 N–H and O–H groups in total. The zero-order chi connectivity index (χ0) is 13.3. The van der Waals surface area contributed by atoms with Crippen molar-refractivity contribution in [2.24, 2.45) is 17.3 Å². The van der Waals surface area contributed by atoms with Gasteiger partial charge < -0.3 is 11.5 Å². The van der Waals surface area contributed by atoms with E-state index in [1.54, 1.807) is 18.3 Å². The van der Waals surface area contributed by atoms with Gasteiger partial charge in [0.25, 0.3) is 5.91 Å². The van der Waals surface area contributed by atoms with Gasteiger partial charge in [-0.05, 0) is 12.1 Å². The average Bonchev–Trinajstić information content (AvgIpc) is 2.38. The predicted octanol–water partition coefficient (Wildman–Crippen LogP) is -1.59. The number of hydrazine groups is 1. The number of carbonyl (C=O) groups is 2. The van der Waals surface area contributed by atoms with E-state index in [-0.39, 0.29) is 5.91 Å². The van der Waals surface area contributed by atoms with Crippen molar-refractivity contribution in [2.75, 3.05) is 5.75 Å². The number of pyridine rings is 1. The van der Waals surface area contributed by atoms with Gasteiger partial charge in [-0.2, -0.15) is 12.6 Å². The Morgan fingerprint density at radius 2 is 2.18 bits per heavy atom. The molecular weight excluding hydrogens is 242 g/mol. The molecule has 0 bridgehead atoms. The predicted molar refractivity (Wildman–Crippen MR) is 66.9 cm³/mol. The van der Waals surface area contributed by atoms with Crippen LogP contribution in [0.3, 0.4) is 0 Å². The smallest absolute Gasteiger partial charge is 0.251 e. The van der Waals surface area contributed by atoms with Crippen molar-refractivity contribution >= 4 is 24.4 Å². The third-order valence-corrected chi connectivity index (χ3v) is 2.02. The highest BCUT2D eigenvalue weighted by Crippen LogP contribution is 1.91. The number of nitrogens with zero attached hydrogens (tertiary/aromatic N) is 1. The van der Waals surface area contributed by atoms with Gasteiger partial charge >= 0.3 is 0 Å². The Morgan fingerprint density at radius 1 is 1.53 bits per heavy atom. The summed E-state index contributed by atoms with van der Waals surface area (Å²) in [5.41, 5.74) is 12.4. The number of nitrogens with one attached hydrogen (secondary N) is 1. The number of hydrogen-bond donors (Lipinski definition) is 5. The van der Waals surface area contributed by atoms with Crippen molar-refractivity contribution in [1.29, 1.82) is 0 Å². The first-order chi connectivity index (χ1) is 8.02. The lowest BCUT2D eigenvalue weighted by atomic mass is 10.3. The Labute approximate surface area is 104 Å². The first kappa shape index (κ1) is 15.4. The topological polar surface area (TPSA) is 137 Å². The zero-order valence-corrected chi connectivity index (χ0v) is 9.93. The van der Waals surface area contributed by atoms with Gasteiger partial charge in [0.2, 0.25) is 5.91 Å². The Hall–Kier alpha value is -1.64. The van der Waals surface area contributed by atoms with Crippen molar-refractivity contribution in [2.45, 2.75) is 6.04 Å². The second-order valence-corrected chi connectivity index (χ2v) is 3.27. The van der Waals surface area contributed by atoms with E-state index in [4.69, 9.17) is 17.3 Å². The maximum atomic E-state index is 10.4. The van der Waals surface area contributed by atoms with Crippen LogP contribution in [0.2, 0.25) is 0 Å². The summed E-state index contributed by atoms with van der Waals surface area (Å²) in [4.78, 5) is 24.4. The Kier molecular flexibility index (Phi) is 7.68. The van der Waals surface area contributed by atoms with Gasteiger partial charge in [0.1, 0.15) is 0 Å². The summed E-state index contributed by atoms with van der Waals surface area (Å²) in [6, 6.07) is 2.69. The molecule has 17 heavy (non-hydrogen) atoms. The molecule has 0 unspecified atom stereocenters. The van der Waals surface area contributed by atoms with Gasteiger partial charge in [-0.15, -0.1) is 0 Å². The molecule has 0 aliphatic rings. The number of hydrogen-bond acceptors (Lipinski definition) is 6. The number of amides is 2. The molecule has 0 aliphatic heterocycles. The molecule has 0 aliphatic carbocycles. The molecule has 0 radical (unpaired) electrons. The van der Waals surface area contributed by atoms with Crippen LogP contribution in [0.4, 0.5) is 0 Å². The van der Waals surface area contributed by atoms with Crippen LogP contribution in [0.1, 0.15) is 10.4 Å². The molecule has 7 nitrogen and oxygen atoms in total. The highest BCUT2D eigenvalue weighted by atomic mass is 32.1. The van der Waals surface area contributed by atoms with E-state index in [0.717, 1.165) is 0 Å². The lowest BCUT2D eigenvalue weighted by molar-refractivity contribution is -0.121. The minimum absolute atomic E-state index is 0.309. The van der Waals surface area contributed by atoms with Gasteiger partial charge in [0, 0.05) is 18.1 Å². The monoisotopic (exact) mass is 257 g/mol. The standard InChI is InChI=1S/C6H6N2O.C3H9N3OS/c7-6(9)5-2-1-3-8-4-5;4-2(1-8)3(7)6-5/h1-4H,(H2,7,9);2,8H,1,4-5H2,(H,6,7)/t;2-/m.0/s1. The molecule has 0 spiro atoms. The molecular formula is C9H15N5O2S. The minimum Gasteiger partial charge on any atom is -0.366 e. The van der Waals surface area contributed by atoms with Crippen molar-refractivity contribution in [3.63, 3.8) is 0 Å². The van der Waals surface area contributed by atoms with Gasteiger partial charge in [-0.3, -0.25) is 20.0 Å². The van der Waals surface area contributed by atoms with E-state index in [0.29, 0.717) is 11.3 Å². The molecule has 1 aromatic heterocycles. The summed E-state index contributed by atoms with van der Waals surface area (Å²) in [6.45, 7) is 0. The lowest BCUT2D eigenvalue weighted by Crippen LogP contribution is -2.44. The third kappa shape index (κ3) is 6.51. The van der Waals surface area contributed by atoms with Crippen LogP contribution in [0.15, 0.2) is 24.5 Å². The molecule has 2 amide bonds. The summed E-state index contributed by atoms with van der Waals surface area (Å²) in [6.07, 6.45) is 3.02. The van der Waals surface area contributed by atoms with Crippen molar-refractivity contribution in [3.05, 3.63) is 30.1 Å². The summed E-state index contributed by atoms with van der Waals surface area (Å²) < 4.78 is 0. The Balaban J connectivity index is 0.000000304. The average molecular weight is 257 g/mol. The maximum Gasteiger partial charge on any atom is 0.251 e. The second kappa shape index (κ2) is 8.50. The van der Waals surface area contributed by atoms with Crippen LogP contribution in [-0.4, -0.2) is 28.6 Å². The Bertz CT molecular complexity index is 360. The number of carbonyl (C=O) groups excluding carboxylic acids is 2. The molecule has 0 fully saturated rings. The molecule has 1 rings (SSSR count). The van der Waals surface area contributed by atoms with Gasteiger partial charge in [0.15, 0.2) is 0 Å². The highest BCUT2D eigenvalue weighted by Gasteiger charge is 2.07. The molecule has 1 aromatic rings. The van der Waals surface area contributed by atoms with Gasteiger partial charge in [-0.1, -0.05) is 0 Å². The van der Waals surface area contributed by atoms with Crippen LogP contribution in [0, 0.1) is 0 Å². The van der Waals surface area contributed by atoms with E-state index < -0.39 is 11.9 Å². The summed E-state index contributed by atoms with van der Waals surface area (Å²) in [7, 11) is 0. The first-order valence-corrected chi connectivity index (χ1v) is 5.22. The van der Waals surface area contributed by atoms with E-state index >= 15 is 0 Å². The number of nitrogens with two attached hydrogens (primary N) is 3. The molecule has 94 valence electrons. The van der Waals surface area contributed by atoms with E-state index in [1.807, 2.05) is 5.43 Å². The molecule has 1 atom stereocenters. The lowest BCUT2D eigenvalue weighted by Gasteiger charge is -2.03. The second-order valence-electron chi connectivity index (χ2n) is 2.90. The van der Waals surface area contributed by atoms with Crippen molar-refractivity contribution in [1.82, 2.24) is 10.4 Å². The Morgan fingerprint density at radius 3 is 2.41 bits per heavy atom. The van der Waals surface area contributed by atoms with Gasteiger partial charge in [0.05, 0.1) is 11.6 Å². The van der Waals surface area contributed by atoms with Crippen LogP contribution < -0.4 is 22.7 Å². The molecule has 0 aromatic carbocycles. The largest absolute Gasteiger partial charge is 0.366 e. The molecule has 8 heteroatoms. The maximum absolute atomic E-state index is 10.4. The van der Waals surface area contributed by atoms with Gasteiger partial charge in [-0.25, -0.2) is 5.84 Å². The number of aromatic nitrogens is 1. The van der Waals surface area contributed by atoms with E-state index in [2.05, 4.69) is 17.6 Å². The number of thiol groups is 1. The minimum atomic E-state index is -0.594. The van der Waals surface area contributed by atoms with Crippen LogP contribution in [0.5, 0.6) is 0 Å². The fourth-order valence-corrected chi connectivity index (χ4v) is 0.864. The molecule has 0 saturated heterocycles. The van der Waals surface area contributed by atoms with Crippen molar-refractivity contribution < 1.29 is 9.59 Å². The fourth-order valence-electron chi connectivity index (χ4n) is 0.698. The van der Waals surface area contributed by atoms with E-state index in [1.165, 1.54) is 6.20 Å². The quantitative estimate of drug-likeness (QED) is 0.192. The zero-order valence-electron chi connectivity index (χ0n) is 9.04.